The minimum atomic E-state index is 0.682. The molecule has 3 aromatic rings. The normalized spacial score (nSPS) is 14.5. The molecule has 2 aromatic heterocycles. The Balaban J connectivity index is 1.66. The van der Waals surface area contributed by atoms with Crippen LogP contribution in [0.3, 0.4) is 0 Å². The van der Waals surface area contributed by atoms with Gasteiger partial charge in [-0.25, -0.2) is 9.67 Å². The van der Waals surface area contributed by atoms with Crippen molar-refractivity contribution in [2.24, 2.45) is 0 Å². The highest BCUT2D eigenvalue weighted by Gasteiger charge is 2.09. The van der Waals surface area contributed by atoms with Crippen LogP contribution in [0.2, 0.25) is 0 Å². The smallest absolute Gasteiger partial charge is 0.174 e. The predicted octanol–water partition coefficient (Wildman–Crippen LogP) is 4.03. The lowest BCUT2D eigenvalue weighted by atomic mass is 10.1. The maximum Gasteiger partial charge on any atom is 0.174 e. The molecule has 2 heterocycles. The average molecular weight is 324 g/mol. The molecule has 6 heteroatoms. The van der Waals surface area contributed by atoms with Crippen LogP contribution >= 0.6 is 11.6 Å². The van der Waals surface area contributed by atoms with E-state index in [0.29, 0.717) is 11.6 Å². The number of benzene rings is 1. The van der Waals surface area contributed by atoms with Crippen molar-refractivity contribution < 1.29 is 0 Å². The van der Waals surface area contributed by atoms with Crippen molar-refractivity contribution in [2.75, 3.05) is 5.32 Å². The highest BCUT2D eigenvalue weighted by Crippen LogP contribution is 2.22. The number of hydrogen-bond acceptors (Lipinski definition) is 4. The number of anilines is 1. The molecule has 0 fully saturated rings. The lowest BCUT2D eigenvalue weighted by Gasteiger charge is -2.13. The molecule has 0 unspecified atom stereocenters. The van der Waals surface area contributed by atoms with E-state index in [1.807, 2.05) is 42.6 Å². The summed E-state index contributed by atoms with van der Waals surface area (Å²) in [6.07, 6.45) is 10.8. The van der Waals surface area contributed by atoms with Gasteiger partial charge in [-0.15, -0.1) is 0 Å². The summed E-state index contributed by atoms with van der Waals surface area (Å²) in [4.78, 5) is 8.88. The van der Waals surface area contributed by atoms with E-state index in [1.165, 1.54) is 0 Å². The fourth-order valence-electron chi connectivity index (χ4n) is 2.55. The Morgan fingerprint density at radius 1 is 1.04 bits per heavy atom. The second-order valence-electron chi connectivity index (χ2n) is 5.31. The van der Waals surface area contributed by atoms with E-state index < -0.39 is 0 Å². The summed E-state index contributed by atoms with van der Waals surface area (Å²) in [6, 6.07) is 8.02. The lowest BCUT2D eigenvalue weighted by molar-refractivity contribution is 0.863. The quantitative estimate of drug-likeness (QED) is 0.790. The van der Waals surface area contributed by atoms with E-state index >= 15 is 0 Å². The van der Waals surface area contributed by atoms with Gasteiger partial charge in [-0.2, -0.15) is 5.10 Å². The fourth-order valence-corrected chi connectivity index (χ4v) is 2.71. The van der Waals surface area contributed by atoms with Gasteiger partial charge in [0.15, 0.2) is 11.6 Å². The third-order valence-electron chi connectivity index (χ3n) is 3.70. The van der Waals surface area contributed by atoms with Crippen LogP contribution in [0, 0.1) is 0 Å². The molecule has 23 heavy (non-hydrogen) atoms. The van der Waals surface area contributed by atoms with Crippen molar-refractivity contribution in [1.82, 2.24) is 19.7 Å². The molecular formula is C17H14ClN5. The number of nitrogens with one attached hydrogen (secondary N) is 1. The summed E-state index contributed by atoms with van der Waals surface area (Å²) in [5.74, 6) is 1.38. The molecule has 0 saturated heterocycles. The van der Waals surface area contributed by atoms with E-state index in [-0.39, 0.29) is 0 Å². The van der Waals surface area contributed by atoms with Crippen molar-refractivity contribution >= 4 is 28.3 Å². The van der Waals surface area contributed by atoms with Gasteiger partial charge in [0.05, 0.1) is 24.1 Å². The molecule has 0 spiro atoms. The van der Waals surface area contributed by atoms with Crippen LogP contribution in [-0.4, -0.2) is 19.7 Å². The first-order chi connectivity index (χ1) is 11.3. The summed E-state index contributed by atoms with van der Waals surface area (Å²) in [7, 11) is 0. The number of halogens is 1. The number of para-hydroxylation sites is 1. The third-order valence-corrected chi connectivity index (χ3v) is 4.02. The monoisotopic (exact) mass is 323 g/mol. The van der Waals surface area contributed by atoms with Crippen LogP contribution in [0.1, 0.15) is 12.8 Å². The molecular weight excluding hydrogens is 310 g/mol. The first-order valence-corrected chi connectivity index (χ1v) is 7.75. The molecule has 1 N–H and O–H groups in total. The minimum Gasteiger partial charge on any atom is -0.342 e. The Morgan fingerprint density at radius 2 is 1.96 bits per heavy atom. The Bertz CT molecular complexity index is 925. The molecule has 0 saturated carbocycles. The Kier molecular flexibility index (Phi) is 3.55. The van der Waals surface area contributed by atoms with Crippen LogP contribution < -0.4 is 5.32 Å². The van der Waals surface area contributed by atoms with E-state index in [9.17, 15) is 0 Å². The average Bonchev–Trinajstić information content (AvgIpc) is 3.01. The number of nitrogens with zero attached hydrogens (tertiary/aromatic N) is 4. The van der Waals surface area contributed by atoms with Gasteiger partial charge >= 0.3 is 0 Å². The van der Waals surface area contributed by atoms with Crippen LogP contribution in [0.5, 0.6) is 0 Å². The number of aromatic nitrogens is 4. The molecule has 0 amide bonds. The molecule has 5 nitrogen and oxygen atoms in total. The summed E-state index contributed by atoms with van der Waals surface area (Å²) < 4.78 is 1.79. The fraction of sp³-hybridized carbons (Fsp3) is 0.118. The van der Waals surface area contributed by atoms with Crippen molar-refractivity contribution in [3.63, 3.8) is 0 Å². The van der Waals surface area contributed by atoms with Gasteiger partial charge < -0.3 is 5.32 Å². The Morgan fingerprint density at radius 3 is 2.83 bits per heavy atom. The maximum absolute atomic E-state index is 5.98. The number of rotatable bonds is 3. The van der Waals surface area contributed by atoms with Crippen molar-refractivity contribution in [1.29, 1.82) is 0 Å². The predicted molar refractivity (Wildman–Crippen MR) is 91.5 cm³/mol. The highest BCUT2D eigenvalue weighted by molar-refractivity contribution is 6.29. The molecule has 1 aliphatic rings. The molecule has 4 rings (SSSR count). The highest BCUT2D eigenvalue weighted by atomic mass is 35.5. The van der Waals surface area contributed by atoms with E-state index in [1.54, 1.807) is 17.1 Å². The topological polar surface area (TPSA) is 55.6 Å². The van der Waals surface area contributed by atoms with E-state index in [0.717, 1.165) is 34.5 Å². The first kappa shape index (κ1) is 14.0. The second-order valence-corrected chi connectivity index (χ2v) is 5.79. The number of fused-ring (bicyclic) bond motifs is 1. The van der Waals surface area contributed by atoms with Gasteiger partial charge in [-0.3, -0.25) is 4.98 Å². The number of allylic oxidation sites excluding steroid dienone is 4. The molecule has 0 radical (unpaired) electrons. The van der Waals surface area contributed by atoms with Gasteiger partial charge in [0, 0.05) is 16.1 Å². The van der Waals surface area contributed by atoms with E-state index in [2.05, 4.69) is 20.4 Å². The standard InChI is InChI=1S/C17H14ClN5/c18-13-5-7-14(8-6-13)21-16-10-19-11-17(22-16)23-15-4-2-1-3-12(15)9-20-23/h1-5,7,9-11H,6,8H2,(H,21,22). The van der Waals surface area contributed by atoms with Gasteiger partial charge in [0.1, 0.15) is 0 Å². The second kappa shape index (κ2) is 5.85. The Hall–Kier alpha value is -2.66. The number of hydrogen-bond donors (Lipinski definition) is 1. The van der Waals surface area contributed by atoms with Gasteiger partial charge in [-0.05, 0) is 31.1 Å². The first-order valence-electron chi connectivity index (χ1n) is 7.37. The van der Waals surface area contributed by atoms with Gasteiger partial charge in [-0.1, -0.05) is 29.8 Å². The van der Waals surface area contributed by atoms with Crippen LogP contribution in [0.4, 0.5) is 5.82 Å². The van der Waals surface area contributed by atoms with Gasteiger partial charge in [0.2, 0.25) is 0 Å². The zero-order valence-electron chi connectivity index (χ0n) is 12.3. The molecule has 0 aliphatic heterocycles. The SMILES string of the molecule is ClC1=CC=C(Nc2cncc(-n3ncc4ccccc43)n2)CC1. The maximum atomic E-state index is 5.98. The van der Waals surface area contributed by atoms with Gasteiger partial charge in [0.25, 0.3) is 0 Å². The van der Waals surface area contributed by atoms with Crippen molar-refractivity contribution in [3.05, 3.63) is 65.7 Å². The summed E-state index contributed by atoms with van der Waals surface area (Å²) >= 11 is 5.98. The third kappa shape index (κ3) is 2.83. The molecule has 1 aromatic carbocycles. The van der Waals surface area contributed by atoms with Crippen LogP contribution in [0.25, 0.3) is 16.7 Å². The zero-order valence-corrected chi connectivity index (χ0v) is 13.0. The molecule has 1 aliphatic carbocycles. The molecule has 0 bridgehead atoms. The van der Waals surface area contributed by atoms with E-state index in [4.69, 9.17) is 11.6 Å². The summed E-state index contributed by atoms with van der Waals surface area (Å²) in [5, 5.41) is 9.65. The van der Waals surface area contributed by atoms with Crippen LogP contribution in [-0.2, 0) is 0 Å². The Labute approximate surface area is 138 Å². The lowest BCUT2D eigenvalue weighted by Crippen LogP contribution is -2.07. The summed E-state index contributed by atoms with van der Waals surface area (Å²) in [6.45, 7) is 0. The molecule has 114 valence electrons. The zero-order chi connectivity index (χ0) is 15.6. The largest absolute Gasteiger partial charge is 0.342 e. The summed E-state index contributed by atoms with van der Waals surface area (Å²) in [5.41, 5.74) is 2.08. The van der Waals surface area contributed by atoms with Crippen molar-refractivity contribution in [2.45, 2.75) is 12.8 Å². The van der Waals surface area contributed by atoms with Crippen molar-refractivity contribution in [3.8, 4) is 5.82 Å². The molecule has 0 atom stereocenters. The van der Waals surface area contributed by atoms with Crippen LogP contribution in [0.15, 0.2) is 65.7 Å². The minimum absolute atomic E-state index is 0.682.